The zero-order valence-electron chi connectivity index (χ0n) is 9.47. The van der Waals surface area contributed by atoms with Crippen LogP contribution in [0.1, 0.15) is 17.9 Å². The van der Waals surface area contributed by atoms with Gasteiger partial charge in [0.05, 0.1) is 11.9 Å². The van der Waals surface area contributed by atoms with Crippen LogP contribution in [-0.2, 0) is 4.79 Å². The summed E-state index contributed by atoms with van der Waals surface area (Å²) in [5, 5.41) is 8.63. The molecule has 0 bridgehead atoms. The molecule has 1 saturated heterocycles. The van der Waals surface area contributed by atoms with Crippen LogP contribution in [0.3, 0.4) is 0 Å². The summed E-state index contributed by atoms with van der Waals surface area (Å²) in [6, 6.07) is 6.25. The molecule has 2 atom stereocenters. The van der Waals surface area contributed by atoms with E-state index >= 15 is 0 Å². The van der Waals surface area contributed by atoms with E-state index in [9.17, 15) is 9.18 Å². The van der Waals surface area contributed by atoms with E-state index in [0.717, 1.165) is 5.56 Å². The highest BCUT2D eigenvalue weighted by Gasteiger charge is 2.37. The van der Waals surface area contributed by atoms with Gasteiger partial charge in [-0.15, -0.1) is 11.8 Å². The largest absolute Gasteiger partial charge is 0.395 e. The van der Waals surface area contributed by atoms with Gasteiger partial charge in [0.25, 0.3) is 0 Å². The van der Waals surface area contributed by atoms with Crippen LogP contribution in [0.25, 0.3) is 0 Å². The number of β-amino-alcohol motifs (C(OH)–C–C–N with tert-alkyl or cyclic N) is 1. The Morgan fingerprint density at radius 1 is 1.53 bits per heavy atom. The van der Waals surface area contributed by atoms with Gasteiger partial charge < -0.3 is 10.0 Å². The first-order chi connectivity index (χ1) is 8.13. The van der Waals surface area contributed by atoms with Crippen LogP contribution < -0.4 is 0 Å². The topological polar surface area (TPSA) is 40.5 Å². The molecular formula is C12H14FNO2S. The van der Waals surface area contributed by atoms with E-state index in [-0.39, 0.29) is 35.5 Å². The number of aliphatic hydroxyl groups excluding tert-OH is 1. The van der Waals surface area contributed by atoms with Crippen molar-refractivity contribution in [3.63, 3.8) is 0 Å². The second-order valence-corrected chi connectivity index (χ2v) is 5.37. The van der Waals surface area contributed by atoms with Crippen molar-refractivity contribution < 1.29 is 14.3 Å². The Kier molecular flexibility index (Phi) is 3.69. The van der Waals surface area contributed by atoms with Gasteiger partial charge >= 0.3 is 0 Å². The second-order valence-electron chi connectivity index (χ2n) is 3.94. The molecule has 17 heavy (non-hydrogen) atoms. The molecule has 0 aromatic heterocycles. The van der Waals surface area contributed by atoms with Crippen LogP contribution >= 0.6 is 11.8 Å². The lowest BCUT2D eigenvalue weighted by molar-refractivity contribution is -0.130. The number of hydrogen-bond donors (Lipinski definition) is 1. The van der Waals surface area contributed by atoms with E-state index in [4.69, 9.17) is 5.11 Å². The van der Waals surface area contributed by atoms with Gasteiger partial charge in [0.1, 0.15) is 11.2 Å². The standard InChI is InChI=1S/C12H14FNO2S/c1-8-11(16)14(5-6-15)12(17-8)9-3-2-4-10(13)7-9/h2-4,7-8,12,15H,5-6H2,1H3. The quantitative estimate of drug-likeness (QED) is 0.895. The number of amides is 1. The molecule has 0 spiro atoms. The van der Waals surface area contributed by atoms with Crippen molar-refractivity contribution in [1.82, 2.24) is 4.90 Å². The average Bonchev–Trinajstić information content (AvgIpc) is 2.58. The van der Waals surface area contributed by atoms with E-state index < -0.39 is 0 Å². The van der Waals surface area contributed by atoms with E-state index in [2.05, 4.69) is 0 Å². The molecule has 1 aliphatic heterocycles. The van der Waals surface area contributed by atoms with Gasteiger partial charge in [-0.05, 0) is 24.6 Å². The molecule has 1 aliphatic rings. The zero-order valence-corrected chi connectivity index (χ0v) is 10.3. The molecule has 0 aliphatic carbocycles. The Hall–Kier alpha value is -1.07. The third-order valence-corrected chi connectivity index (χ3v) is 4.12. The molecule has 1 aromatic rings. The van der Waals surface area contributed by atoms with Gasteiger partial charge in [0.2, 0.25) is 5.91 Å². The normalized spacial score (nSPS) is 24.4. The maximum Gasteiger partial charge on any atom is 0.236 e. The highest BCUT2D eigenvalue weighted by atomic mass is 32.2. The molecule has 0 radical (unpaired) electrons. The fourth-order valence-corrected chi connectivity index (χ4v) is 3.23. The number of rotatable bonds is 3. The van der Waals surface area contributed by atoms with Gasteiger partial charge in [-0.2, -0.15) is 0 Å². The lowest BCUT2D eigenvalue weighted by atomic mass is 10.2. The number of hydrogen-bond acceptors (Lipinski definition) is 3. The second kappa shape index (κ2) is 5.06. The molecule has 1 heterocycles. The highest BCUT2D eigenvalue weighted by molar-refractivity contribution is 8.01. The zero-order chi connectivity index (χ0) is 12.4. The van der Waals surface area contributed by atoms with E-state index in [1.165, 1.54) is 23.9 Å². The van der Waals surface area contributed by atoms with Crippen molar-refractivity contribution in [2.45, 2.75) is 17.5 Å². The first kappa shape index (κ1) is 12.4. The molecule has 92 valence electrons. The van der Waals surface area contributed by atoms with Gasteiger partial charge in [-0.25, -0.2) is 4.39 Å². The SMILES string of the molecule is CC1SC(c2cccc(F)c2)N(CCO)C1=O. The Balaban J connectivity index is 2.27. The minimum atomic E-state index is -0.306. The molecule has 0 saturated carbocycles. The van der Waals surface area contributed by atoms with E-state index in [0.29, 0.717) is 0 Å². The maximum atomic E-state index is 13.2. The molecule has 2 unspecified atom stereocenters. The first-order valence-electron chi connectivity index (χ1n) is 5.45. The summed E-state index contributed by atoms with van der Waals surface area (Å²) >= 11 is 1.48. The predicted molar refractivity (Wildman–Crippen MR) is 65.0 cm³/mol. The molecule has 1 N–H and O–H groups in total. The van der Waals surface area contributed by atoms with Crippen LogP contribution in [0, 0.1) is 5.82 Å². The maximum absolute atomic E-state index is 13.2. The lowest BCUT2D eigenvalue weighted by Crippen LogP contribution is -2.32. The fourth-order valence-electron chi connectivity index (χ4n) is 1.93. The summed E-state index contributed by atoms with van der Waals surface area (Å²) in [6.45, 7) is 2.04. The monoisotopic (exact) mass is 255 g/mol. The Morgan fingerprint density at radius 2 is 2.29 bits per heavy atom. The summed E-state index contributed by atoms with van der Waals surface area (Å²) in [5.41, 5.74) is 0.765. The molecule has 2 rings (SSSR count). The van der Waals surface area contributed by atoms with Crippen LogP contribution in [0.4, 0.5) is 4.39 Å². The molecule has 1 amide bonds. The molecule has 5 heteroatoms. The van der Waals surface area contributed by atoms with Crippen molar-refractivity contribution in [2.75, 3.05) is 13.2 Å². The summed E-state index contributed by atoms with van der Waals surface area (Å²) in [6.07, 6.45) is 0. The lowest BCUT2D eigenvalue weighted by Gasteiger charge is -2.23. The minimum absolute atomic E-state index is 0.00156. The van der Waals surface area contributed by atoms with Gasteiger partial charge in [0, 0.05) is 6.54 Å². The van der Waals surface area contributed by atoms with Gasteiger partial charge in [-0.3, -0.25) is 4.79 Å². The Bertz CT molecular complexity index is 427. The number of halogens is 1. The highest BCUT2D eigenvalue weighted by Crippen LogP contribution is 2.42. The number of aliphatic hydroxyl groups is 1. The Labute approximate surface area is 104 Å². The first-order valence-corrected chi connectivity index (χ1v) is 6.40. The van der Waals surface area contributed by atoms with E-state index in [1.54, 1.807) is 17.0 Å². The number of carbonyl (C=O) groups excluding carboxylic acids is 1. The van der Waals surface area contributed by atoms with Crippen LogP contribution in [-0.4, -0.2) is 34.3 Å². The number of thioether (sulfide) groups is 1. The molecular weight excluding hydrogens is 241 g/mol. The summed E-state index contributed by atoms with van der Waals surface area (Å²) < 4.78 is 13.2. The van der Waals surface area contributed by atoms with Crippen molar-refractivity contribution in [1.29, 1.82) is 0 Å². The number of nitrogens with zero attached hydrogens (tertiary/aromatic N) is 1. The predicted octanol–water partition coefficient (Wildman–Crippen LogP) is 1.78. The Morgan fingerprint density at radius 3 is 2.94 bits per heavy atom. The fraction of sp³-hybridized carbons (Fsp3) is 0.417. The van der Waals surface area contributed by atoms with Gasteiger partial charge in [0.15, 0.2) is 0 Å². The van der Waals surface area contributed by atoms with Crippen molar-refractivity contribution in [3.05, 3.63) is 35.6 Å². The smallest absolute Gasteiger partial charge is 0.236 e. The van der Waals surface area contributed by atoms with Crippen LogP contribution in [0.2, 0.25) is 0 Å². The van der Waals surface area contributed by atoms with Gasteiger partial charge in [-0.1, -0.05) is 12.1 Å². The minimum Gasteiger partial charge on any atom is -0.395 e. The summed E-state index contributed by atoms with van der Waals surface area (Å²) in [7, 11) is 0. The van der Waals surface area contributed by atoms with Crippen LogP contribution in [0.5, 0.6) is 0 Å². The number of carbonyl (C=O) groups is 1. The molecule has 3 nitrogen and oxygen atoms in total. The third kappa shape index (κ3) is 2.45. The summed E-state index contributed by atoms with van der Waals surface area (Å²) in [4.78, 5) is 13.5. The van der Waals surface area contributed by atoms with E-state index in [1.807, 2.05) is 6.92 Å². The number of benzene rings is 1. The average molecular weight is 255 g/mol. The summed E-state index contributed by atoms with van der Waals surface area (Å²) in [5.74, 6) is -0.308. The van der Waals surface area contributed by atoms with Crippen molar-refractivity contribution in [2.24, 2.45) is 0 Å². The van der Waals surface area contributed by atoms with Crippen molar-refractivity contribution in [3.8, 4) is 0 Å². The third-order valence-electron chi connectivity index (χ3n) is 2.72. The molecule has 1 aromatic carbocycles. The van der Waals surface area contributed by atoms with Crippen LogP contribution in [0.15, 0.2) is 24.3 Å². The van der Waals surface area contributed by atoms with Crippen molar-refractivity contribution >= 4 is 17.7 Å². The molecule has 1 fully saturated rings.